The normalized spacial score (nSPS) is 11.7. The van der Waals surface area contributed by atoms with Crippen LogP contribution >= 0.6 is 0 Å². The first-order valence-electron chi connectivity index (χ1n) is 7.88. The number of nitro benzene ring substituents is 1. The van der Waals surface area contributed by atoms with E-state index >= 15 is 0 Å². The fraction of sp³-hybridized carbons (Fsp3) is 0.471. The summed E-state index contributed by atoms with van der Waals surface area (Å²) in [4.78, 5) is 46.7. The van der Waals surface area contributed by atoms with Crippen LogP contribution in [0.3, 0.4) is 0 Å². The van der Waals surface area contributed by atoms with Crippen LogP contribution in [0.25, 0.3) is 0 Å². The number of hydrogen-bond donors (Lipinski definition) is 0. The fourth-order valence-electron chi connectivity index (χ4n) is 2.50. The van der Waals surface area contributed by atoms with Gasteiger partial charge in [0.25, 0.3) is 5.69 Å². The van der Waals surface area contributed by atoms with Gasteiger partial charge in [0.2, 0.25) is 0 Å². The Morgan fingerprint density at radius 2 is 1.68 bits per heavy atom. The van der Waals surface area contributed by atoms with E-state index in [1.165, 1.54) is 31.2 Å². The molecule has 1 rings (SSSR count). The summed E-state index contributed by atoms with van der Waals surface area (Å²) in [5.41, 5.74) is 0.132. The molecule has 0 radical (unpaired) electrons. The molecule has 0 spiro atoms. The molecule has 0 heterocycles. The van der Waals surface area contributed by atoms with Crippen molar-refractivity contribution in [3.63, 3.8) is 0 Å². The monoisotopic (exact) mass is 351 g/mol. The molecule has 8 heteroatoms. The van der Waals surface area contributed by atoms with Crippen molar-refractivity contribution >= 4 is 23.4 Å². The van der Waals surface area contributed by atoms with Crippen molar-refractivity contribution in [2.45, 2.75) is 33.1 Å². The molecule has 25 heavy (non-hydrogen) atoms. The molecule has 0 unspecified atom stereocenters. The molecule has 0 amide bonds. The Hall–Kier alpha value is -2.77. The van der Waals surface area contributed by atoms with Gasteiger partial charge in [-0.3, -0.25) is 19.7 Å². The van der Waals surface area contributed by atoms with Gasteiger partial charge in [-0.05, 0) is 26.3 Å². The second-order valence-corrected chi connectivity index (χ2v) is 5.35. The van der Waals surface area contributed by atoms with Crippen molar-refractivity contribution < 1.29 is 28.8 Å². The van der Waals surface area contributed by atoms with E-state index in [2.05, 4.69) is 0 Å². The van der Waals surface area contributed by atoms with Crippen LogP contribution in [0.4, 0.5) is 5.69 Å². The van der Waals surface area contributed by atoms with E-state index in [-0.39, 0.29) is 31.1 Å². The van der Waals surface area contributed by atoms with Crippen LogP contribution in [0.1, 0.15) is 38.7 Å². The molecule has 1 atom stereocenters. The molecule has 0 aliphatic carbocycles. The molecule has 0 aliphatic rings. The van der Waals surface area contributed by atoms with E-state index < -0.39 is 28.7 Å². The first-order valence-corrected chi connectivity index (χ1v) is 7.88. The number of Topliss-reactive ketones (excluding diaryl/α,β-unsaturated/α-hetero) is 1. The number of carbonyl (C=O) groups is 3. The molecule has 0 saturated heterocycles. The maximum Gasteiger partial charge on any atom is 0.320 e. The number of esters is 2. The maximum atomic E-state index is 12.3. The van der Waals surface area contributed by atoms with Gasteiger partial charge < -0.3 is 14.3 Å². The summed E-state index contributed by atoms with van der Waals surface area (Å²) in [6.07, 6.45) is -0.149. The molecule has 0 saturated carbocycles. The number of non-ortho nitro benzene ring substituents is 1. The van der Waals surface area contributed by atoms with Crippen LogP contribution in [0, 0.1) is 16.0 Å². The number of ether oxygens (including phenoxy) is 2. The van der Waals surface area contributed by atoms with Gasteiger partial charge in [0, 0.05) is 24.5 Å². The quantitative estimate of drug-likeness (QED) is 0.290. The molecular formula is C17H21NO7. The molecule has 136 valence electrons. The maximum absolute atomic E-state index is 12.3. The van der Waals surface area contributed by atoms with Crippen molar-refractivity contribution in [2.75, 3.05) is 13.2 Å². The molecule has 0 N–H and O–H groups in total. The summed E-state index contributed by atoms with van der Waals surface area (Å²) in [7, 11) is 0. The van der Waals surface area contributed by atoms with Gasteiger partial charge in [0.1, 0.15) is 5.78 Å². The highest BCUT2D eigenvalue weighted by molar-refractivity contribution is 5.97. The van der Waals surface area contributed by atoms with Crippen molar-refractivity contribution in [3.8, 4) is 0 Å². The van der Waals surface area contributed by atoms with Crippen molar-refractivity contribution in [2.24, 2.45) is 5.92 Å². The number of carbonyl (C=O) groups excluding carboxylic acids is 3. The number of nitrogens with zero attached hydrogens (tertiary/aromatic N) is 1. The third-order valence-corrected chi connectivity index (χ3v) is 3.50. The van der Waals surface area contributed by atoms with Crippen molar-refractivity contribution in [3.05, 3.63) is 39.9 Å². The van der Waals surface area contributed by atoms with Crippen LogP contribution in [0.2, 0.25) is 0 Å². The van der Waals surface area contributed by atoms with E-state index in [4.69, 9.17) is 9.47 Å². The highest BCUT2D eigenvalue weighted by Gasteiger charge is 2.39. The zero-order chi connectivity index (χ0) is 19.0. The van der Waals surface area contributed by atoms with Gasteiger partial charge in [-0.1, -0.05) is 12.1 Å². The second-order valence-electron chi connectivity index (χ2n) is 5.35. The summed E-state index contributed by atoms with van der Waals surface area (Å²) in [5.74, 6) is -4.19. The lowest BCUT2D eigenvalue weighted by Crippen LogP contribution is -2.34. The van der Waals surface area contributed by atoms with Crippen LogP contribution in [0.5, 0.6) is 0 Å². The smallest absolute Gasteiger partial charge is 0.320 e. The summed E-state index contributed by atoms with van der Waals surface area (Å²) in [6, 6.07) is 5.51. The average molecular weight is 351 g/mol. The standard InChI is InChI=1S/C17H21NO7/c1-4-24-16(20)15(17(21)25-5-2)14(9-11(3)19)12-7-6-8-13(10-12)18(22)23/h6-8,10,14-15H,4-5,9H2,1-3H3/t14-/m0/s1. The third kappa shape index (κ3) is 5.66. The summed E-state index contributed by atoms with van der Waals surface area (Å²) >= 11 is 0. The van der Waals surface area contributed by atoms with Crippen LogP contribution in [-0.4, -0.2) is 35.9 Å². The Balaban J connectivity index is 3.38. The van der Waals surface area contributed by atoms with Gasteiger partial charge in [-0.25, -0.2) is 0 Å². The first kappa shape index (κ1) is 20.3. The first-order chi connectivity index (χ1) is 11.8. The largest absolute Gasteiger partial charge is 0.465 e. The Labute approximate surface area is 145 Å². The lowest BCUT2D eigenvalue weighted by molar-refractivity contribution is -0.384. The highest BCUT2D eigenvalue weighted by atomic mass is 16.6. The fourth-order valence-corrected chi connectivity index (χ4v) is 2.50. The highest BCUT2D eigenvalue weighted by Crippen LogP contribution is 2.32. The van der Waals surface area contributed by atoms with E-state index in [9.17, 15) is 24.5 Å². The van der Waals surface area contributed by atoms with E-state index in [0.29, 0.717) is 5.56 Å². The SMILES string of the molecule is CCOC(=O)C(C(=O)OCC)[C@@H](CC(C)=O)c1cccc([N+](=O)[O-])c1. The molecule has 0 fully saturated rings. The number of hydrogen-bond acceptors (Lipinski definition) is 7. The predicted molar refractivity (Wildman–Crippen MR) is 87.9 cm³/mol. The summed E-state index contributed by atoms with van der Waals surface area (Å²) < 4.78 is 9.90. The lowest BCUT2D eigenvalue weighted by atomic mass is 9.82. The molecule has 0 aromatic heterocycles. The molecular weight excluding hydrogens is 330 g/mol. The van der Waals surface area contributed by atoms with E-state index in [0.717, 1.165) is 0 Å². The van der Waals surface area contributed by atoms with Gasteiger partial charge in [0.15, 0.2) is 5.92 Å². The van der Waals surface area contributed by atoms with Gasteiger partial charge in [0.05, 0.1) is 18.1 Å². The third-order valence-electron chi connectivity index (χ3n) is 3.50. The number of nitro groups is 1. The molecule has 1 aromatic carbocycles. The minimum Gasteiger partial charge on any atom is -0.465 e. The zero-order valence-electron chi connectivity index (χ0n) is 14.4. The minimum absolute atomic E-state index is 0.0521. The van der Waals surface area contributed by atoms with E-state index in [1.807, 2.05) is 0 Å². The number of benzene rings is 1. The van der Waals surface area contributed by atoms with Crippen molar-refractivity contribution in [1.82, 2.24) is 0 Å². The van der Waals surface area contributed by atoms with Crippen LogP contribution < -0.4 is 0 Å². The molecule has 8 nitrogen and oxygen atoms in total. The van der Waals surface area contributed by atoms with Gasteiger partial charge in [-0.2, -0.15) is 0 Å². The lowest BCUT2D eigenvalue weighted by Gasteiger charge is -2.23. The Kier molecular flexibility index (Phi) is 7.71. The average Bonchev–Trinajstić information content (AvgIpc) is 2.54. The zero-order valence-corrected chi connectivity index (χ0v) is 14.4. The molecule has 1 aromatic rings. The molecule has 0 bridgehead atoms. The minimum atomic E-state index is -1.37. The Morgan fingerprint density at radius 1 is 1.12 bits per heavy atom. The second kappa shape index (κ2) is 9.51. The Morgan fingerprint density at radius 3 is 2.12 bits per heavy atom. The summed E-state index contributed by atoms with van der Waals surface area (Å²) in [6.45, 7) is 4.60. The van der Waals surface area contributed by atoms with Gasteiger partial charge >= 0.3 is 11.9 Å². The predicted octanol–water partition coefficient (Wildman–Crippen LogP) is 2.40. The number of ketones is 1. The van der Waals surface area contributed by atoms with Crippen LogP contribution in [-0.2, 0) is 23.9 Å². The van der Waals surface area contributed by atoms with Crippen LogP contribution in [0.15, 0.2) is 24.3 Å². The number of rotatable bonds is 9. The summed E-state index contributed by atoms with van der Waals surface area (Å²) in [5, 5.41) is 11.0. The molecule has 0 aliphatic heterocycles. The topological polar surface area (TPSA) is 113 Å². The van der Waals surface area contributed by atoms with E-state index in [1.54, 1.807) is 13.8 Å². The van der Waals surface area contributed by atoms with Gasteiger partial charge in [-0.15, -0.1) is 0 Å². The Bertz CT molecular complexity index is 638. The van der Waals surface area contributed by atoms with Crippen molar-refractivity contribution in [1.29, 1.82) is 0 Å².